The van der Waals surface area contributed by atoms with Crippen LogP contribution in [0.5, 0.6) is 0 Å². The Morgan fingerprint density at radius 1 is 1.35 bits per heavy atom. The zero-order chi connectivity index (χ0) is 18.4. The first-order chi connectivity index (χ1) is 12.6. The van der Waals surface area contributed by atoms with E-state index in [1.165, 1.54) is 23.0 Å². The second kappa shape index (κ2) is 9.25. The van der Waals surface area contributed by atoms with Gasteiger partial charge in [-0.25, -0.2) is 8.42 Å². The molecule has 0 aromatic carbocycles. The summed E-state index contributed by atoms with van der Waals surface area (Å²) in [6.45, 7) is 2.43. The van der Waals surface area contributed by atoms with E-state index >= 15 is 0 Å². The van der Waals surface area contributed by atoms with Crippen molar-refractivity contribution in [1.82, 2.24) is 14.6 Å². The van der Waals surface area contributed by atoms with E-state index in [0.717, 1.165) is 43.8 Å². The molecule has 0 aliphatic carbocycles. The first-order valence-electron chi connectivity index (χ1n) is 9.23. The Bertz CT molecular complexity index is 693. The van der Waals surface area contributed by atoms with E-state index in [4.69, 9.17) is 4.74 Å². The number of ether oxygens (including phenoxy) is 1. The van der Waals surface area contributed by atoms with Crippen LogP contribution >= 0.6 is 11.8 Å². The first-order valence-corrected chi connectivity index (χ1v) is 11.8. The minimum Gasteiger partial charge on any atom is -0.378 e. The second-order valence-corrected chi connectivity index (χ2v) is 9.81. The second-order valence-electron chi connectivity index (χ2n) is 6.65. The topological polar surface area (TPSA) is 91.5 Å². The SMILES string of the molecule is O=C(NCCCC1CCCCO1)c1cc(S(=O)(=O)N2CCSCC2)c[nH]1. The molecular weight excluding hydrogens is 374 g/mol. The summed E-state index contributed by atoms with van der Waals surface area (Å²) in [7, 11) is -3.52. The number of amides is 1. The van der Waals surface area contributed by atoms with Crippen LogP contribution in [0.3, 0.4) is 0 Å². The Hall–Kier alpha value is -1.03. The number of hydrogen-bond donors (Lipinski definition) is 2. The molecule has 1 unspecified atom stereocenters. The van der Waals surface area contributed by atoms with Crippen molar-refractivity contribution < 1.29 is 17.9 Å². The lowest BCUT2D eigenvalue weighted by Crippen LogP contribution is -2.37. The lowest BCUT2D eigenvalue weighted by Gasteiger charge is -2.24. The van der Waals surface area contributed by atoms with Gasteiger partial charge in [-0.2, -0.15) is 16.1 Å². The molecule has 2 aliphatic heterocycles. The maximum atomic E-state index is 12.6. The lowest BCUT2D eigenvalue weighted by atomic mass is 10.0. The molecule has 3 rings (SSSR count). The van der Waals surface area contributed by atoms with Crippen molar-refractivity contribution in [1.29, 1.82) is 0 Å². The van der Waals surface area contributed by atoms with Crippen LogP contribution in [0.2, 0.25) is 0 Å². The van der Waals surface area contributed by atoms with E-state index in [1.807, 2.05) is 0 Å². The number of nitrogens with zero attached hydrogens (tertiary/aromatic N) is 1. The number of aromatic nitrogens is 1. The average molecular weight is 402 g/mol. The van der Waals surface area contributed by atoms with Crippen molar-refractivity contribution in [3.63, 3.8) is 0 Å². The summed E-state index contributed by atoms with van der Waals surface area (Å²) >= 11 is 1.75. The van der Waals surface area contributed by atoms with Crippen LogP contribution in [0.1, 0.15) is 42.6 Å². The fraction of sp³-hybridized carbons (Fsp3) is 0.706. The summed E-state index contributed by atoms with van der Waals surface area (Å²) in [6, 6.07) is 1.43. The van der Waals surface area contributed by atoms with E-state index in [-0.39, 0.29) is 16.5 Å². The summed E-state index contributed by atoms with van der Waals surface area (Å²) in [4.78, 5) is 15.2. The molecule has 3 heterocycles. The lowest BCUT2D eigenvalue weighted by molar-refractivity contribution is 0.0102. The molecule has 1 aromatic heterocycles. The average Bonchev–Trinajstić information content (AvgIpc) is 3.18. The quantitative estimate of drug-likeness (QED) is 0.680. The number of thioether (sulfide) groups is 1. The standard InChI is InChI=1S/C17H27N3O4S2/c21-17(18-6-3-5-14-4-1-2-9-24-14)16-12-15(13-19-16)26(22,23)20-7-10-25-11-8-20/h12-14,19H,1-11H2,(H,18,21). The van der Waals surface area contributed by atoms with Gasteiger partial charge in [-0.3, -0.25) is 4.79 Å². The summed E-state index contributed by atoms with van der Waals surface area (Å²) < 4.78 is 32.4. The number of hydrogen-bond acceptors (Lipinski definition) is 5. The molecule has 7 nitrogen and oxygen atoms in total. The molecule has 9 heteroatoms. The zero-order valence-corrected chi connectivity index (χ0v) is 16.5. The van der Waals surface area contributed by atoms with Gasteiger partial charge in [0.05, 0.1) is 6.10 Å². The Balaban J connectivity index is 1.48. The predicted octanol–water partition coefficient (Wildman–Crippen LogP) is 1.83. The van der Waals surface area contributed by atoms with Crippen molar-refractivity contribution in [3.05, 3.63) is 18.0 Å². The molecule has 1 atom stereocenters. The number of carbonyl (C=O) groups excluding carboxylic acids is 1. The van der Waals surface area contributed by atoms with Gasteiger partial charge < -0.3 is 15.0 Å². The number of carbonyl (C=O) groups is 1. The van der Waals surface area contributed by atoms with E-state index in [1.54, 1.807) is 11.8 Å². The molecule has 1 aromatic rings. The van der Waals surface area contributed by atoms with Gasteiger partial charge in [0.15, 0.2) is 0 Å². The third-order valence-corrected chi connectivity index (χ3v) is 7.59. The van der Waals surface area contributed by atoms with Crippen LogP contribution in [0.25, 0.3) is 0 Å². The molecule has 146 valence electrons. The third kappa shape index (κ3) is 5.03. The summed E-state index contributed by atoms with van der Waals surface area (Å²) in [5, 5.41) is 2.85. The van der Waals surface area contributed by atoms with E-state index in [0.29, 0.717) is 25.7 Å². The van der Waals surface area contributed by atoms with E-state index in [9.17, 15) is 13.2 Å². The number of nitrogens with one attached hydrogen (secondary N) is 2. The third-order valence-electron chi connectivity index (χ3n) is 4.77. The van der Waals surface area contributed by atoms with Crippen molar-refractivity contribution in [2.24, 2.45) is 0 Å². The minimum absolute atomic E-state index is 0.158. The Morgan fingerprint density at radius 2 is 2.15 bits per heavy atom. The number of aromatic amines is 1. The summed E-state index contributed by atoms with van der Waals surface area (Å²) in [5.41, 5.74) is 0.281. The van der Waals surface area contributed by atoms with Crippen LogP contribution in [0, 0.1) is 0 Å². The molecule has 0 bridgehead atoms. The smallest absolute Gasteiger partial charge is 0.267 e. The molecule has 2 aliphatic rings. The van der Waals surface area contributed by atoms with Crippen LogP contribution < -0.4 is 5.32 Å². The highest BCUT2D eigenvalue weighted by Gasteiger charge is 2.27. The Morgan fingerprint density at radius 3 is 2.88 bits per heavy atom. The molecule has 1 amide bonds. The highest BCUT2D eigenvalue weighted by Crippen LogP contribution is 2.21. The van der Waals surface area contributed by atoms with Gasteiger partial charge in [-0.15, -0.1) is 0 Å². The first kappa shape index (κ1) is 19.7. The van der Waals surface area contributed by atoms with Gasteiger partial charge in [0.1, 0.15) is 10.6 Å². The fourth-order valence-electron chi connectivity index (χ4n) is 3.25. The summed E-state index contributed by atoms with van der Waals surface area (Å²) in [6.07, 6.45) is 6.97. The summed E-state index contributed by atoms with van der Waals surface area (Å²) in [5.74, 6) is 1.34. The molecule has 0 radical (unpaired) electrons. The minimum atomic E-state index is -3.52. The van der Waals surface area contributed by atoms with Gasteiger partial charge in [-0.05, 0) is 38.2 Å². The molecule has 0 saturated carbocycles. The molecule has 0 spiro atoms. The molecule has 2 N–H and O–H groups in total. The van der Waals surface area contributed by atoms with Crippen LogP contribution in [-0.4, -0.2) is 67.5 Å². The zero-order valence-electron chi connectivity index (χ0n) is 14.9. The van der Waals surface area contributed by atoms with Crippen molar-refractivity contribution >= 4 is 27.7 Å². The molecule has 2 fully saturated rings. The predicted molar refractivity (Wildman–Crippen MR) is 102 cm³/mol. The maximum Gasteiger partial charge on any atom is 0.267 e. The normalized spacial score (nSPS) is 22.2. The van der Waals surface area contributed by atoms with Gasteiger partial charge in [0, 0.05) is 43.9 Å². The van der Waals surface area contributed by atoms with Gasteiger partial charge >= 0.3 is 0 Å². The molecule has 26 heavy (non-hydrogen) atoms. The van der Waals surface area contributed by atoms with Gasteiger partial charge in [-0.1, -0.05) is 0 Å². The Labute approximate surface area is 159 Å². The van der Waals surface area contributed by atoms with E-state index in [2.05, 4.69) is 10.3 Å². The number of rotatable bonds is 7. The van der Waals surface area contributed by atoms with Gasteiger partial charge in [0.25, 0.3) is 5.91 Å². The fourth-order valence-corrected chi connectivity index (χ4v) is 5.82. The van der Waals surface area contributed by atoms with Crippen LogP contribution in [0.15, 0.2) is 17.2 Å². The van der Waals surface area contributed by atoms with E-state index < -0.39 is 10.0 Å². The highest BCUT2D eigenvalue weighted by molar-refractivity contribution is 7.99. The highest BCUT2D eigenvalue weighted by atomic mass is 32.2. The van der Waals surface area contributed by atoms with Crippen LogP contribution in [-0.2, 0) is 14.8 Å². The van der Waals surface area contributed by atoms with Crippen LogP contribution in [0.4, 0.5) is 0 Å². The largest absolute Gasteiger partial charge is 0.378 e. The molecule has 2 saturated heterocycles. The Kier molecular flexibility index (Phi) is 7.02. The number of H-pyrrole nitrogens is 1. The molecular formula is C17H27N3O4S2. The van der Waals surface area contributed by atoms with Gasteiger partial charge in [0.2, 0.25) is 10.0 Å². The number of sulfonamides is 1. The van der Waals surface area contributed by atoms with Crippen molar-refractivity contribution in [3.8, 4) is 0 Å². The van der Waals surface area contributed by atoms with Crippen molar-refractivity contribution in [2.75, 3.05) is 37.7 Å². The maximum absolute atomic E-state index is 12.6. The monoisotopic (exact) mass is 401 g/mol. The van der Waals surface area contributed by atoms with Crippen molar-refractivity contribution in [2.45, 2.75) is 43.1 Å².